The SMILES string of the molecule is CC[C@H](C(=O)NCCc1ccccc1)n1c2ccccc2c2nc(=O)cc(C)n21. The molecule has 1 amide bonds. The number of aryl methyl sites for hydroxylation is 1. The van der Waals surface area contributed by atoms with E-state index in [1.165, 1.54) is 11.6 Å². The second kappa shape index (κ2) is 7.91. The van der Waals surface area contributed by atoms with E-state index in [2.05, 4.69) is 22.4 Å². The van der Waals surface area contributed by atoms with Crippen molar-refractivity contribution in [3.63, 3.8) is 0 Å². The summed E-state index contributed by atoms with van der Waals surface area (Å²) in [5.41, 5.74) is 3.15. The van der Waals surface area contributed by atoms with Crippen molar-refractivity contribution in [2.24, 2.45) is 0 Å². The highest BCUT2D eigenvalue weighted by Gasteiger charge is 2.24. The Bertz CT molecular complexity index is 1220. The van der Waals surface area contributed by atoms with Crippen LogP contribution < -0.4 is 10.9 Å². The summed E-state index contributed by atoms with van der Waals surface area (Å²) in [4.78, 5) is 29.3. The van der Waals surface area contributed by atoms with E-state index < -0.39 is 6.04 Å². The summed E-state index contributed by atoms with van der Waals surface area (Å²) in [5, 5.41) is 3.94. The standard InChI is InChI=1S/C23H24N4O2/c1-3-19(23(29)24-14-13-17-9-5-4-6-10-17)27-20-12-8-7-11-18(20)22-25-21(28)15-16(2)26(22)27/h4-12,15,19H,3,13-14H2,1-2H3,(H,24,29)/t19-/m1/s1. The van der Waals surface area contributed by atoms with Crippen LogP contribution in [0.3, 0.4) is 0 Å². The van der Waals surface area contributed by atoms with Gasteiger partial charge in [-0.1, -0.05) is 49.4 Å². The first-order valence-corrected chi connectivity index (χ1v) is 9.91. The molecular weight excluding hydrogens is 364 g/mol. The number of nitrogens with zero attached hydrogens (tertiary/aromatic N) is 3. The van der Waals surface area contributed by atoms with Crippen molar-refractivity contribution in [3.05, 3.63) is 82.3 Å². The zero-order chi connectivity index (χ0) is 20.4. The topological polar surface area (TPSA) is 68.4 Å². The van der Waals surface area contributed by atoms with E-state index in [1.54, 1.807) is 0 Å². The molecule has 0 unspecified atom stereocenters. The number of carbonyl (C=O) groups excluding carboxylic acids is 1. The molecular formula is C23H24N4O2. The van der Waals surface area contributed by atoms with Gasteiger partial charge < -0.3 is 5.32 Å². The number of nitrogens with one attached hydrogen (secondary N) is 1. The first-order valence-electron chi connectivity index (χ1n) is 9.91. The Morgan fingerprint density at radius 3 is 2.59 bits per heavy atom. The fraction of sp³-hybridized carbons (Fsp3) is 0.261. The maximum Gasteiger partial charge on any atom is 0.273 e. The van der Waals surface area contributed by atoms with Crippen molar-refractivity contribution in [2.75, 3.05) is 6.54 Å². The maximum atomic E-state index is 13.1. The molecule has 6 heteroatoms. The van der Waals surface area contributed by atoms with Gasteiger partial charge in [0, 0.05) is 23.7 Å². The number of amides is 1. The van der Waals surface area contributed by atoms with E-state index >= 15 is 0 Å². The molecule has 0 aliphatic heterocycles. The van der Waals surface area contributed by atoms with Gasteiger partial charge in [0.15, 0.2) is 5.65 Å². The van der Waals surface area contributed by atoms with Gasteiger partial charge in [-0.15, -0.1) is 0 Å². The fourth-order valence-electron chi connectivity index (χ4n) is 3.88. The number of para-hydroxylation sites is 1. The van der Waals surface area contributed by atoms with Crippen LogP contribution in [0.1, 0.15) is 30.6 Å². The smallest absolute Gasteiger partial charge is 0.273 e. The number of hydrogen-bond donors (Lipinski definition) is 1. The van der Waals surface area contributed by atoms with Crippen molar-refractivity contribution in [3.8, 4) is 0 Å². The molecule has 0 bridgehead atoms. The van der Waals surface area contributed by atoms with Gasteiger partial charge in [0.2, 0.25) is 5.91 Å². The predicted molar refractivity (Wildman–Crippen MR) is 114 cm³/mol. The highest BCUT2D eigenvalue weighted by molar-refractivity contribution is 5.94. The van der Waals surface area contributed by atoms with Crippen LogP contribution in [-0.4, -0.2) is 26.6 Å². The minimum absolute atomic E-state index is 0.0378. The second-order valence-electron chi connectivity index (χ2n) is 7.18. The molecule has 4 aromatic rings. The molecule has 1 atom stereocenters. The summed E-state index contributed by atoms with van der Waals surface area (Å²) >= 11 is 0. The summed E-state index contributed by atoms with van der Waals surface area (Å²) < 4.78 is 3.85. The normalized spacial score (nSPS) is 12.3. The summed E-state index contributed by atoms with van der Waals surface area (Å²) in [6.07, 6.45) is 1.40. The molecule has 1 N–H and O–H groups in total. The van der Waals surface area contributed by atoms with Crippen LogP contribution >= 0.6 is 0 Å². The third kappa shape index (κ3) is 3.53. The Balaban J connectivity index is 1.71. The van der Waals surface area contributed by atoms with Crippen molar-refractivity contribution in [2.45, 2.75) is 32.7 Å². The van der Waals surface area contributed by atoms with Crippen LogP contribution in [0.5, 0.6) is 0 Å². The summed E-state index contributed by atoms with van der Waals surface area (Å²) in [6, 6.07) is 19.0. The Kier molecular flexibility index (Phi) is 5.16. The van der Waals surface area contributed by atoms with Gasteiger partial charge in [-0.25, -0.2) is 4.52 Å². The van der Waals surface area contributed by atoms with E-state index in [4.69, 9.17) is 0 Å². The number of fused-ring (bicyclic) bond motifs is 3. The van der Waals surface area contributed by atoms with E-state index in [1.807, 2.05) is 65.5 Å². The molecule has 0 saturated carbocycles. The van der Waals surface area contributed by atoms with Gasteiger partial charge >= 0.3 is 0 Å². The van der Waals surface area contributed by atoms with Crippen molar-refractivity contribution < 1.29 is 4.79 Å². The van der Waals surface area contributed by atoms with Crippen LogP contribution in [0.2, 0.25) is 0 Å². The largest absolute Gasteiger partial charge is 0.354 e. The minimum atomic E-state index is -0.406. The Hall–Kier alpha value is -3.41. The van der Waals surface area contributed by atoms with Crippen LogP contribution in [0.4, 0.5) is 0 Å². The number of aromatic nitrogens is 3. The summed E-state index contributed by atoms with van der Waals surface area (Å²) in [7, 11) is 0. The average Bonchev–Trinajstić information content (AvgIpc) is 3.04. The molecule has 0 aliphatic rings. The van der Waals surface area contributed by atoms with Crippen molar-refractivity contribution in [1.29, 1.82) is 0 Å². The van der Waals surface area contributed by atoms with Gasteiger partial charge in [0.05, 0.1) is 5.52 Å². The Morgan fingerprint density at radius 2 is 1.83 bits per heavy atom. The quantitative estimate of drug-likeness (QED) is 0.551. The first-order chi connectivity index (χ1) is 14.1. The van der Waals surface area contributed by atoms with E-state index in [9.17, 15) is 9.59 Å². The van der Waals surface area contributed by atoms with E-state index in [0.29, 0.717) is 18.6 Å². The lowest BCUT2D eigenvalue weighted by Crippen LogP contribution is -2.35. The third-order valence-corrected chi connectivity index (χ3v) is 5.23. The molecule has 0 aliphatic carbocycles. The number of hydrogen-bond acceptors (Lipinski definition) is 3. The lowest BCUT2D eigenvalue weighted by atomic mass is 10.1. The van der Waals surface area contributed by atoms with Gasteiger partial charge in [0.25, 0.3) is 5.56 Å². The van der Waals surface area contributed by atoms with Crippen LogP contribution in [0.25, 0.3) is 16.6 Å². The van der Waals surface area contributed by atoms with Crippen molar-refractivity contribution >= 4 is 22.5 Å². The van der Waals surface area contributed by atoms with Gasteiger partial charge in [-0.3, -0.25) is 14.3 Å². The van der Waals surface area contributed by atoms with Crippen LogP contribution in [0.15, 0.2) is 65.5 Å². The Labute approximate surface area is 168 Å². The molecule has 0 radical (unpaired) electrons. The van der Waals surface area contributed by atoms with Crippen LogP contribution in [0, 0.1) is 6.92 Å². The molecule has 4 rings (SSSR count). The molecule has 2 aromatic carbocycles. The minimum Gasteiger partial charge on any atom is -0.354 e. The number of benzene rings is 2. The molecule has 0 saturated heterocycles. The summed E-state index contributed by atoms with van der Waals surface area (Å²) in [5.74, 6) is -0.0378. The second-order valence-corrected chi connectivity index (χ2v) is 7.18. The lowest BCUT2D eigenvalue weighted by Gasteiger charge is -2.20. The van der Waals surface area contributed by atoms with E-state index in [0.717, 1.165) is 23.0 Å². The van der Waals surface area contributed by atoms with Crippen molar-refractivity contribution in [1.82, 2.24) is 19.5 Å². The monoisotopic (exact) mass is 388 g/mol. The highest BCUT2D eigenvalue weighted by Crippen LogP contribution is 2.26. The van der Waals surface area contributed by atoms with Gasteiger partial charge in [0.1, 0.15) is 6.04 Å². The Morgan fingerprint density at radius 1 is 1.10 bits per heavy atom. The zero-order valence-electron chi connectivity index (χ0n) is 16.6. The number of carbonyl (C=O) groups is 1. The third-order valence-electron chi connectivity index (χ3n) is 5.23. The van der Waals surface area contributed by atoms with Gasteiger partial charge in [-0.05, 0) is 37.5 Å². The highest BCUT2D eigenvalue weighted by atomic mass is 16.2. The molecule has 2 heterocycles. The summed E-state index contributed by atoms with van der Waals surface area (Å²) in [6.45, 7) is 4.43. The zero-order valence-corrected chi connectivity index (χ0v) is 16.6. The van der Waals surface area contributed by atoms with Gasteiger partial charge in [-0.2, -0.15) is 4.98 Å². The van der Waals surface area contributed by atoms with E-state index in [-0.39, 0.29) is 11.5 Å². The molecule has 2 aromatic heterocycles. The molecule has 148 valence electrons. The number of rotatable bonds is 6. The fourth-order valence-corrected chi connectivity index (χ4v) is 3.88. The first kappa shape index (κ1) is 18.9. The maximum absolute atomic E-state index is 13.1. The molecule has 6 nitrogen and oxygen atoms in total. The molecule has 0 spiro atoms. The average molecular weight is 388 g/mol. The molecule has 29 heavy (non-hydrogen) atoms. The predicted octanol–water partition coefficient (Wildman–Crippen LogP) is 3.27. The van der Waals surface area contributed by atoms with Crippen LogP contribution in [-0.2, 0) is 11.2 Å². The molecule has 0 fully saturated rings. The lowest BCUT2D eigenvalue weighted by molar-refractivity contribution is -0.124.